The maximum absolute atomic E-state index is 12.0. The molecule has 3 aromatic rings. The van der Waals surface area contributed by atoms with Crippen LogP contribution in [0.25, 0.3) is 16.9 Å². The highest BCUT2D eigenvalue weighted by Gasteiger charge is 2.16. The molecule has 2 aromatic heterocycles. The second-order valence-electron chi connectivity index (χ2n) is 5.50. The SMILES string of the molecule is CCOC(=O)c1cn2c(SCC)nc(-c3ccc(OC)c(OC)c3)cc2n1. The first-order valence-electron chi connectivity index (χ1n) is 8.53. The molecule has 0 aliphatic rings. The molecule has 0 unspecified atom stereocenters. The highest BCUT2D eigenvalue weighted by molar-refractivity contribution is 7.99. The highest BCUT2D eigenvalue weighted by atomic mass is 32.2. The van der Waals surface area contributed by atoms with Gasteiger partial charge in [-0.3, -0.25) is 4.40 Å². The number of hydrogen-bond acceptors (Lipinski definition) is 7. The smallest absolute Gasteiger partial charge is 0.358 e. The van der Waals surface area contributed by atoms with Gasteiger partial charge in [0.25, 0.3) is 0 Å². The van der Waals surface area contributed by atoms with Crippen molar-refractivity contribution in [3.05, 3.63) is 36.2 Å². The van der Waals surface area contributed by atoms with Gasteiger partial charge in [0.2, 0.25) is 0 Å². The van der Waals surface area contributed by atoms with E-state index < -0.39 is 5.97 Å². The quantitative estimate of drug-likeness (QED) is 0.348. The zero-order valence-electron chi connectivity index (χ0n) is 15.7. The van der Waals surface area contributed by atoms with Crippen molar-refractivity contribution in [1.82, 2.24) is 14.4 Å². The largest absolute Gasteiger partial charge is 0.493 e. The number of ether oxygens (including phenoxy) is 3. The van der Waals surface area contributed by atoms with Crippen LogP contribution in [0.1, 0.15) is 24.3 Å². The van der Waals surface area contributed by atoms with Crippen LogP contribution in [-0.4, -0.2) is 46.9 Å². The lowest BCUT2D eigenvalue weighted by atomic mass is 10.1. The van der Waals surface area contributed by atoms with Crippen molar-refractivity contribution >= 4 is 23.4 Å². The number of benzene rings is 1. The third kappa shape index (κ3) is 3.85. The summed E-state index contributed by atoms with van der Waals surface area (Å²) in [4.78, 5) is 21.2. The number of imidazole rings is 1. The topological polar surface area (TPSA) is 75.0 Å². The van der Waals surface area contributed by atoms with Gasteiger partial charge in [0, 0.05) is 17.8 Å². The fraction of sp³-hybridized carbons (Fsp3) is 0.316. The summed E-state index contributed by atoms with van der Waals surface area (Å²) in [5.74, 6) is 1.67. The Balaban J connectivity index is 2.12. The van der Waals surface area contributed by atoms with Crippen molar-refractivity contribution in [3.8, 4) is 22.8 Å². The summed E-state index contributed by atoms with van der Waals surface area (Å²) >= 11 is 1.57. The van der Waals surface area contributed by atoms with Crippen LogP contribution in [0.3, 0.4) is 0 Å². The summed E-state index contributed by atoms with van der Waals surface area (Å²) < 4.78 is 17.5. The summed E-state index contributed by atoms with van der Waals surface area (Å²) in [6.45, 7) is 4.12. The van der Waals surface area contributed by atoms with E-state index in [1.807, 2.05) is 35.6 Å². The van der Waals surface area contributed by atoms with Gasteiger partial charge in [-0.15, -0.1) is 0 Å². The molecule has 0 spiro atoms. The van der Waals surface area contributed by atoms with E-state index in [0.29, 0.717) is 23.8 Å². The number of rotatable bonds is 7. The molecule has 0 saturated carbocycles. The minimum atomic E-state index is -0.443. The summed E-state index contributed by atoms with van der Waals surface area (Å²) in [6.07, 6.45) is 1.66. The van der Waals surface area contributed by atoms with Crippen LogP contribution >= 0.6 is 11.8 Å². The average Bonchev–Trinajstić information content (AvgIpc) is 3.12. The van der Waals surface area contributed by atoms with Crippen LogP contribution in [0.4, 0.5) is 0 Å². The fourth-order valence-corrected chi connectivity index (χ4v) is 3.35. The van der Waals surface area contributed by atoms with E-state index in [1.165, 1.54) is 0 Å². The molecule has 0 amide bonds. The molecule has 0 saturated heterocycles. The number of aromatic nitrogens is 3. The van der Waals surface area contributed by atoms with Crippen molar-refractivity contribution in [2.75, 3.05) is 26.6 Å². The Morgan fingerprint density at radius 1 is 1.11 bits per heavy atom. The highest BCUT2D eigenvalue weighted by Crippen LogP contribution is 2.33. The van der Waals surface area contributed by atoms with Crippen LogP contribution in [0.5, 0.6) is 11.5 Å². The third-order valence-electron chi connectivity index (χ3n) is 3.86. The standard InChI is InChI=1S/C19H21N3O4S/c1-5-26-18(23)14-11-22-17(20-14)10-13(21-19(22)27-6-2)12-7-8-15(24-3)16(9-12)25-4/h7-11H,5-6H2,1-4H3. The Morgan fingerprint density at radius 2 is 1.89 bits per heavy atom. The zero-order valence-corrected chi connectivity index (χ0v) is 16.5. The number of carbonyl (C=O) groups excluding carboxylic acids is 1. The summed E-state index contributed by atoms with van der Waals surface area (Å²) in [5, 5.41) is 0.753. The molecule has 7 nitrogen and oxygen atoms in total. The lowest BCUT2D eigenvalue weighted by Crippen LogP contribution is -2.04. The summed E-state index contributed by atoms with van der Waals surface area (Å²) in [5.41, 5.74) is 2.50. The number of hydrogen-bond donors (Lipinski definition) is 0. The van der Waals surface area contributed by atoms with E-state index in [0.717, 1.165) is 22.2 Å². The molecule has 0 radical (unpaired) electrons. The molecule has 142 valence electrons. The van der Waals surface area contributed by atoms with Crippen molar-refractivity contribution in [3.63, 3.8) is 0 Å². The van der Waals surface area contributed by atoms with Crippen LogP contribution in [0.2, 0.25) is 0 Å². The molecule has 1 aromatic carbocycles. The molecule has 0 aliphatic heterocycles. The van der Waals surface area contributed by atoms with Gasteiger partial charge in [-0.25, -0.2) is 14.8 Å². The molecule has 8 heteroatoms. The number of methoxy groups -OCH3 is 2. The lowest BCUT2D eigenvalue weighted by Gasteiger charge is -2.11. The average molecular weight is 387 g/mol. The predicted molar refractivity (Wildman–Crippen MR) is 104 cm³/mol. The fourth-order valence-electron chi connectivity index (χ4n) is 2.64. The van der Waals surface area contributed by atoms with Gasteiger partial charge in [0.05, 0.1) is 26.5 Å². The number of esters is 1. The van der Waals surface area contributed by atoms with Crippen molar-refractivity contribution in [1.29, 1.82) is 0 Å². The molecule has 0 bridgehead atoms. The Kier molecular flexibility index (Phi) is 5.85. The van der Waals surface area contributed by atoms with Gasteiger partial charge in [0.1, 0.15) is 5.65 Å². The third-order valence-corrected chi connectivity index (χ3v) is 4.69. The van der Waals surface area contributed by atoms with Gasteiger partial charge in [-0.05, 0) is 30.9 Å². The first-order chi connectivity index (χ1) is 13.1. The van der Waals surface area contributed by atoms with Gasteiger partial charge in [-0.2, -0.15) is 0 Å². The number of nitrogens with zero attached hydrogens (tertiary/aromatic N) is 3. The van der Waals surface area contributed by atoms with Crippen LogP contribution in [0.15, 0.2) is 35.6 Å². The van der Waals surface area contributed by atoms with Gasteiger partial charge < -0.3 is 14.2 Å². The molecule has 0 fully saturated rings. The van der Waals surface area contributed by atoms with Crippen LogP contribution in [-0.2, 0) is 4.74 Å². The monoisotopic (exact) mass is 387 g/mol. The Labute approximate surface area is 161 Å². The number of fused-ring (bicyclic) bond motifs is 1. The number of carbonyl (C=O) groups is 1. The Bertz CT molecular complexity index is 971. The van der Waals surface area contributed by atoms with Crippen molar-refractivity contribution < 1.29 is 19.0 Å². The van der Waals surface area contributed by atoms with Gasteiger partial charge in [0.15, 0.2) is 22.3 Å². The predicted octanol–water partition coefficient (Wildman–Crippen LogP) is 3.70. The van der Waals surface area contributed by atoms with Crippen LogP contribution < -0.4 is 9.47 Å². The first-order valence-corrected chi connectivity index (χ1v) is 9.52. The second-order valence-corrected chi connectivity index (χ2v) is 6.73. The molecule has 3 rings (SSSR count). The minimum absolute atomic E-state index is 0.265. The van der Waals surface area contributed by atoms with Crippen molar-refractivity contribution in [2.24, 2.45) is 0 Å². The molecule has 0 atom stereocenters. The molecular weight excluding hydrogens is 366 g/mol. The van der Waals surface area contributed by atoms with E-state index in [4.69, 9.17) is 19.2 Å². The molecule has 0 N–H and O–H groups in total. The normalized spacial score (nSPS) is 10.8. The Hall–Kier alpha value is -2.74. The van der Waals surface area contributed by atoms with E-state index in [1.54, 1.807) is 39.1 Å². The van der Waals surface area contributed by atoms with E-state index >= 15 is 0 Å². The van der Waals surface area contributed by atoms with Crippen LogP contribution in [0, 0.1) is 0 Å². The second kappa shape index (κ2) is 8.30. The molecule has 27 heavy (non-hydrogen) atoms. The first kappa shape index (κ1) is 19.0. The lowest BCUT2D eigenvalue weighted by molar-refractivity contribution is 0.0520. The maximum Gasteiger partial charge on any atom is 0.358 e. The minimum Gasteiger partial charge on any atom is -0.493 e. The van der Waals surface area contributed by atoms with E-state index in [9.17, 15) is 4.79 Å². The summed E-state index contributed by atoms with van der Waals surface area (Å²) in [7, 11) is 3.19. The van der Waals surface area contributed by atoms with Crippen molar-refractivity contribution in [2.45, 2.75) is 19.0 Å². The van der Waals surface area contributed by atoms with Gasteiger partial charge in [-0.1, -0.05) is 18.7 Å². The Morgan fingerprint density at radius 3 is 2.56 bits per heavy atom. The van der Waals surface area contributed by atoms with Gasteiger partial charge >= 0.3 is 5.97 Å². The zero-order chi connectivity index (χ0) is 19.4. The molecule has 0 aliphatic carbocycles. The summed E-state index contributed by atoms with van der Waals surface area (Å²) in [6, 6.07) is 7.45. The maximum atomic E-state index is 12.0. The van der Waals surface area contributed by atoms with E-state index in [2.05, 4.69) is 4.98 Å². The van der Waals surface area contributed by atoms with E-state index in [-0.39, 0.29) is 5.69 Å². The molecular formula is C19H21N3O4S. The molecule has 2 heterocycles. The number of thioether (sulfide) groups is 1.